The number of nitrogens with zero attached hydrogens (tertiary/aromatic N) is 2. The van der Waals surface area contributed by atoms with Gasteiger partial charge in [0.15, 0.2) is 0 Å². The Kier molecular flexibility index (Phi) is 2.60. The lowest BCUT2D eigenvalue weighted by Crippen LogP contribution is -2.20. The lowest BCUT2D eigenvalue weighted by atomic mass is 10.2. The van der Waals surface area contributed by atoms with Gasteiger partial charge in [-0.05, 0) is 19.4 Å². The lowest BCUT2D eigenvalue weighted by Gasteiger charge is -2.12. The van der Waals surface area contributed by atoms with E-state index in [1.54, 1.807) is 11.3 Å². The van der Waals surface area contributed by atoms with Gasteiger partial charge < -0.3 is 15.8 Å². The first kappa shape index (κ1) is 10.7. The monoisotopic (exact) mass is 250 g/mol. The number of nitrogen functional groups attached to an aromatic ring is 1. The maximum atomic E-state index is 5.72. The van der Waals surface area contributed by atoms with Crippen LogP contribution in [0.25, 0.3) is 10.2 Å². The molecule has 3 rings (SSSR count). The fraction of sp³-hybridized carbons (Fsp3) is 0.455. The van der Waals surface area contributed by atoms with E-state index in [9.17, 15) is 0 Å². The fourth-order valence-electron chi connectivity index (χ4n) is 2.01. The summed E-state index contributed by atoms with van der Waals surface area (Å²) in [5, 5.41) is 4.44. The number of nitrogens with one attached hydrogen (secondary N) is 1. The van der Waals surface area contributed by atoms with E-state index in [-0.39, 0.29) is 0 Å². The van der Waals surface area contributed by atoms with Crippen molar-refractivity contribution >= 4 is 33.3 Å². The van der Waals surface area contributed by atoms with Gasteiger partial charge in [-0.3, -0.25) is 0 Å². The molecule has 1 fully saturated rings. The maximum absolute atomic E-state index is 5.72. The van der Waals surface area contributed by atoms with Crippen LogP contribution in [0.3, 0.4) is 0 Å². The number of fused-ring (bicyclic) bond motifs is 1. The molecule has 17 heavy (non-hydrogen) atoms. The van der Waals surface area contributed by atoms with Crippen molar-refractivity contribution in [3.63, 3.8) is 0 Å². The number of ether oxygens (including phenoxy) is 1. The largest absolute Gasteiger partial charge is 0.379 e. The van der Waals surface area contributed by atoms with E-state index in [0.29, 0.717) is 12.0 Å². The van der Waals surface area contributed by atoms with Crippen LogP contribution in [-0.2, 0) is 4.74 Å². The zero-order chi connectivity index (χ0) is 11.8. The highest BCUT2D eigenvalue weighted by Crippen LogP contribution is 2.29. The fourth-order valence-corrected chi connectivity index (χ4v) is 2.90. The molecule has 0 amide bonds. The highest BCUT2D eigenvalue weighted by Gasteiger charge is 2.18. The molecule has 6 heteroatoms. The van der Waals surface area contributed by atoms with Gasteiger partial charge in [-0.2, -0.15) is 4.98 Å². The predicted molar refractivity (Wildman–Crippen MR) is 69.4 cm³/mol. The summed E-state index contributed by atoms with van der Waals surface area (Å²) in [6.45, 7) is 3.60. The number of anilines is 2. The van der Waals surface area contributed by atoms with Crippen molar-refractivity contribution in [1.82, 2.24) is 9.97 Å². The number of thiophene rings is 1. The van der Waals surface area contributed by atoms with Crippen LogP contribution in [-0.4, -0.2) is 29.2 Å². The van der Waals surface area contributed by atoms with E-state index in [1.807, 2.05) is 0 Å². The van der Waals surface area contributed by atoms with Crippen LogP contribution in [0.15, 0.2) is 6.07 Å². The Labute approximate surface area is 103 Å². The van der Waals surface area contributed by atoms with Gasteiger partial charge in [0.05, 0.1) is 18.0 Å². The van der Waals surface area contributed by atoms with Crippen LogP contribution >= 0.6 is 11.3 Å². The van der Waals surface area contributed by atoms with Gasteiger partial charge in [0, 0.05) is 11.5 Å². The van der Waals surface area contributed by atoms with Crippen LogP contribution in [0, 0.1) is 6.92 Å². The first-order chi connectivity index (χ1) is 8.22. The van der Waals surface area contributed by atoms with Gasteiger partial charge in [-0.1, -0.05) is 0 Å². The van der Waals surface area contributed by atoms with Gasteiger partial charge in [0.2, 0.25) is 5.95 Å². The molecular formula is C11H14N4OS. The molecule has 1 saturated heterocycles. The third-order valence-corrected chi connectivity index (χ3v) is 3.75. The van der Waals surface area contributed by atoms with E-state index >= 15 is 0 Å². The molecule has 1 atom stereocenters. The highest BCUT2D eigenvalue weighted by molar-refractivity contribution is 7.18. The number of hydrogen-bond acceptors (Lipinski definition) is 6. The van der Waals surface area contributed by atoms with Crippen molar-refractivity contribution in [3.05, 3.63) is 10.9 Å². The van der Waals surface area contributed by atoms with Gasteiger partial charge in [-0.15, -0.1) is 11.3 Å². The van der Waals surface area contributed by atoms with Crippen LogP contribution in [0.1, 0.15) is 11.3 Å². The number of hydrogen-bond donors (Lipinski definition) is 2. The predicted octanol–water partition coefficient (Wildman–Crippen LogP) is 1.78. The summed E-state index contributed by atoms with van der Waals surface area (Å²) in [6, 6.07) is 2.42. The molecule has 1 aliphatic heterocycles. The zero-order valence-electron chi connectivity index (χ0n) is 9.56. The number of nitrogens with two attached hydrogens (primary N) is 1. The molecule has 0 aliphatic carbocycles. The molecule has 0 aromatic carbocycles. The van der Waals surface area contributed by atoms with Crippen molar-refractivity contribution in [2.24, 2.45) is 0 Å². The molecule has 5 nitrogen and oxygen atoms in total. The second-order valence-electron chi connectivity index (χ2n) is 4.21. The zero-order valence-corrected chi connectivity index (χ0v) is 10.4. The Morgan fingerprint density at radius 3 is 3.18 bits per heavy atom. The van der Waals surface area contributed by atoms with E-state index in [0.717, 1.165) is 35.7 Å². The van der Waals surface area contributed by atoms with Crippen molar-refractivity contribution < 1.29 is 4.74 Å². The lowest BCUT2D eigenvalue weighted by molar-refractivity contribution is 0.195. The van der Waals surface area contributed by atoms with E-state index < -0.39 is 0 Å². The third kappa shape index (κ3) is 2.05. The van der Waals surface area contributed by atoms with Crippen molar-refractivity contribution in [3.8, 4) is 0 Å². The molecule has 1 aliphatic rings. The van der Waals surface area contributed by atoms with Gasteiger partial charge in [-0.25, -0.2) is 4.98 Å². The standard InChI is InChI=1S/C11H14N4OS/c1-6-4-8-9(13-7-2-3-16-5-7)14-11(12)15-10(8)17-6/h4,7H,2-3,5H2,1H3,(H3,12,13,14,15). The molecular weight excluding hydrogens is 236 g/mol. The molecule has 3 N–H and O–H groups in total. The van der Waals surface area contributed by atoms with Crippen molar-refractivity contribution in [2.45, 2.75) is 19.4 Å². The smallest absolute Gasteiger partial charge is 0.223 e. The second kappa shape index (κ2) is 4.12. The molecule has 90 valence electrons. The van der Waals surface area contributed by atoms with Crippen molar-refractivity contribution in [2.75, 3.05) is 24.3 Å². The van der Waals surface area contributed by atoms with E-state index in [2.05, 4.69) is 28.3 Å². The summed E-state index contributed by atoms with van der Waals surface area (Å²) in [5.41, 5.74) is 5.72. The summed E-state index contributed by atoms with van der Waals surface area (Å²) in [6.07, 6.45) is 1.01. The summed E-state index contributed by atoms with van der Waals surface area (Å²) in [4.78, 5) is 10.7. The minimum absolute atomic E-state index is 0.320. The summed E-state index contributed by atoms with van der Waals surface area (Å²) >= 11 is 1.64. The normalized spacial score (nSPS) is 19.9. The van der Waals surface area contributed by atoms with E-state index in [1.165, 1.54) is 4.88 Å². The average Bonchev–Trinajstić information content (AvgIpc) is 2.86. The van der Waals surface area contributed by atoms with Gasteiger partial charge in [0.1, 0.15) is 10.6 Å². The highest BCUT2D eigenvalue weighted by atomic mass is 32.1. The van der Waals surface area contributed by atoms with E-state index in [4.69, 9.17) is 10.5 Å². The average molecular weight is 250 g/mol. The minimum atomic E-state index is 0.320. The summed E-state index contributed by atoms with van der Waals surface area (Å²) in [5.74, 6) is 1.15. The Hall–Kier alpha value is -1.40. The molecule has 0 radical (unpaired) electrons. The van der Waals surface area contributed by atoms with Crippen LogP contribution < -0.4 is 11.1 Å². The molecule has 2 aromatic heterocycles. The molecule has 2 aromatic rings. The Balaban J connectivity index is 2.01. The molecule has 3 heterocycles. The number of aryl methyl sites for hydroxylation is 1. The number of aromatic nitrogens is 2. The maximum Gasteiger partial charge on any atom is 0.223 e. The van der Waals surface area contributed by atoms with Crippen LogP contribution in [0.5, 0.6) is 0 Å². The molecule has 1 unspecified atom stereocenters. The summed E-state index contributed by atoms with van der Waals surface area (Å²) in [7, 11) is 0. The first-order valence-electron chi connectivity index (χ1n) is 5.60. The quantitative estimate of drug-likeness (QED) is 0.850. The first-order valence-corrected chi connectivity index (χ1v) is 6.42. The Morgan fingerprint density at radius 1 is 1.53 bits per heavy atom. The molecule has 0 saturated carbocycles. The summed E-state index contributed by atoms with van der Waals surface area (Å²) < 4.78 is 5.34. The Morgan fingerprint density at radius 2 is 2.41 bits per heavy atom. The third-order valence-electron chi connectivity index (χ3n) is 2.80. The topological polar surface area (TPSA) is 73.1 Å². The SMILES string of the molecule is Cc1cc2c(NC3CCOC3)nc(N)nc2s1. The van der Waals surface area contributed by atoms with Crippen LogP contribution in [0.2, 0.25) is 0 Å². The second-order valence-corrected chi connectivity index (χ2v) is 5.45. The van der Waals surface area contributed by atoms with Crippen molar-refractivity contribution in [1.29, 1.82) is 0 Å². The Bertz CT molecular complexity index is 548. The molecule has 0 spiro atoms. The minimum Gasteiger partial charge on any atom is -0.379 e. The molecule has 0 bridgehead atoms. The van der Waals surface area contributed by atoms with Gasteiger partial charge >= 0.3 is 0 Å². The van der Waals surface area contributed by atoms with Gasteiger partial charge in [0.25, 0.3) is 0 Å². The number of rotatable bonds is 2. The van der Waals surface area contributed by atoms with Crippen LogP contribution in [0.4, 0.5) is 11.8 Å².